The number of carbonyl (C=O) groups excluding carboxylic acids is 2. The summed E-state index contributed by atoms with van der Waals surface area (Å²) in [7, 11) is 0. The van der Waals surface area contributed by atoms with Gasteiger partial charge in [0, 0.05) is 6.54 Å². The minimum atomic E-state index is -0.849. The zero-order chi connectivity index (χ0) is 14.7. The van der Waals surface area contributed by atoms with Crippen LogP contribution in [0.15, 0.2) is 0 Å². The minimum Gasteiger partial charge on any atom is -0.464 e. The molecular formula is C14H25NO4. The highest BCUT2D eigenvalue weighted by Gasteiger charge is 2.50. The van der Waals surface area contributed by atoms with E-state index in [2.05, 4.69) is 0 Å². The van der Waals surface area contributed by atoms with E-state index in [0.29, 0.717) is 26.0 Å². The second-order valence-corrected chi connectivity index (χ2v) is 5.84. The van der Waals surface area contributed by atoms with Crippen molar-refractivity contribution >= 4 is 12.1 Å². The van der Waals surface area contributed by atoms with Gasteiger partial charge in [0.15, 0.2) is 0 Å². The molecule has 110 valence electrons. The number of esters is 1. The normalized spacial score (nSPS) is 23.3. The van der Waals surface area contributed by atoms with Crippen LogP contribution in [0.2, 0.25) is 0 Å². The average molecular weight is 271 g/mol. The van der Waals surface area contributed by atoms with Crippen LogP contribution in [0.3, 0.4) is 0 Å². The number of amides is 1. The number of likely N-dealkylation sites (tertiary alicyclic amines) is 1. The fraction of sp³-hybridized carbons (Fsp3) is 0.857. The second kappa shape index (κ2) is 5.80. The smallest absolute Gasteiger partial charge is 0.411 e. The molecule has 1 heterocycles. The summed E-state index contributed by atoms with van der Waals surface area (Å²) < 4.78 is 10.5. The first-order valence-corrected chi connectivity index (χ1v) is 6.94. The summed E-state index contributed by atoms with van der Waals surface area (Å²) >= 11 is 0. The summed E-state index contributed by atoms with van der Waals surface area (Å²) in [5.41, 5.74) is -1.41. The van der Waals surface area contributed by atoms with Crippen molar-refractivity contribution in [3.8, 4) is 0 Å². The number of rotatable bonds is 3. The van der Waals surface area contributed by atoms with Crippen LogP contribution in [-0.2, 0) is 14.3 Å². The van der Waals surface area contributed by atoms with Crippen LogP contribution in [-0.4, -0.2) is 41.3 Å². The van der Waals surface area contributed by atoms with E-state index in [0.717, 1.165) is 6.42 Å². The Morgan fingerprint density at radius 2 is 1.89 bits per heavy atom. The highest BCUT2D eigenvalue weighted by molar-refractivity contribution is 5.86. The van der Waals surface area contributed by atoms with E-state index in [1.54, 1.807) is 6.92 Å². The molecule has 1 rings (SSSR count). The van der Waals surface area contributed by atoms with Gasteiger partial charge in [-0.3, -0.25) is 4.90 Å². The summed E-state index contributed by atoms with van der Waals surface area (Å²) in [6.45, 7) is 9.99. The first-order chi connectivity index (χ1) is 8.77. The van der Waals surface area contributed by atoms with Gasteiger partial charge in [-0.05, 0) is 47.0 Å². The molecule has 1 aliphatic heterocycles. The van der Waals surface area contributed by atoms with E-state index in [1.165, 1.54) is 4.90 Å². The molecule has 1 atom stereocenters. The van der Waals surface area contributed by atoms with E-state index in [9.17, 15) is 9.59 Å². The summed E-state index contributed by atoms with van der Waals surface area (Å²) in [6.07, 6.45) is 1.55. The summed E-state index contributed by atoms with van der Waals surface area (Å²) in [4.78, 5) is 26.0. The topological polar surface area (TPSA) is 55.8 Å². The quantitative estimate of drug-likeness (QED) is 0.741. The van der Waals surface area contributed by atoms with Crippen LogP contribution in [0.5, 0.6) is 0 Å². The first-order valence-electron chi connectivity index (χ1n) is 6.94. The number of hydrogen-bond donors (Lipinski definition) is 0. The maximum Gasteiger partial charge on any atom is 0.411 e. The molecule has 1 saturated heterocycles. The van der Waals surface area contributed by atoms with Gasteiger partial charge in [0.05, 0.1) is 6.61 Å². The van der Waals surface area contributed by atoms with Gasteiger partial charge in [-0.25, -0.2) is 9.59 Å². The molecule has 0 spiro atoms. The Hall–Kier alpha value is -1.26. The van der Waals surface area contributed by atoms with Crippen molar-refractivity contribution in [2.45, 2.75) is 65.0 Å². The highest BCUT2D eigenvalue weighted by atomic mass is 16.6. The van der Waals surface area contributed by atoms with Crippen molar-refractivity contribution < 1.29 is 19.1 Å². The Morgan fingerprint density at radius 1 is 1.26 bits per heavy atom. The van der Waals surface area contributed by atoms with Gasteiger partial charge in [-0.1, -0.05) is 6.92 Å². The van der Waals surface area contributed by atoms with Crippen molar-refractivity contribution in [1.82, 2.24) is 4.90 Å². The van der Waals surface area contributed by atoms with Crippen molar-refractivity contribution in [1.29, 1.82) is 0 Å². The van der Waals surface area contributed by atoms with Crippen LogP contribution in [0, 0.1) is 0 Å². The maximum absolute atomic E-state index is 12.2. The molecule has 0 aromatic rings. The van der Waals surface area contributed by atoms with Gasteiger partial charge in [-0.2, -0.15) is 0 Å². The number of ether oxygens (including phenoxy) is 2. The van der Waals surface area contributed by atoms with Crippen molar-refractivity contribution in [3.05, 3.63) is 0 Å². The molecule has 19 heavy (non-hydrogen) atoms. The summed E-state index contributed by atoms with van der Waals surface area (Å²) in [5, 5.41) is 0. The lowest BCUT2D eigenvalue weighted by atomic mass is 9.93. The Kier molecular flexibility index (Phi) is 4.82. The monoisotopic (exact) mass is 271 g/mol. The lowest BCUT2D eigenvalue weighted by Gasteiger charge is -2.36. The number of hydrogen-bond acceptors (Lipinski definition) is 4. The standard InChI is InChI=1S/C14H25NO4/c1-6-14(11(16)18-7-2)9-8-10-15(14)12(17)19-13(3,4)5/h6-10H2,1-5H3/t14-/m0/s1. The van der Waals surface area contributed by atoms with Crippen molar-refractivity contribution in [3.63, 3.8) is 0 Å². The molecule has 1 aliphatic rings. The Balaban J connectivity index is 2.92. The van der Waals surface area contributed by atoms with Crippen LogP contribution in [0.1, 0.15) is 53.9 Å². The molecule has 0 unspecified atom stereocenters. The largest absolute Gasteiger partial charge is 0.464 e. The van der Waals surface area contributed by atoms with Crippen LogP contribution >= 0.6 is 0 Å². The molecule has 0 aromatic carbocycles. The van der Waals surface area contributed by atoms with Crippen molar-refractivity contribution in [2.75, 3.05) is 13.2 Å². The summed E-state index contributed by atoms with van der Waals surface area (Å²) in [5.74, 6) is -0.319. The maximum atomic E-state index is 12.2. The molecule has 1 fully saturated rings. The van der Waals surface area contributed by atoms with Crippen LogP contribution in [0.25, 0.3) is 0 Å². The molecule has 0 aromatic heterocycles. The fourth-order valence-corrected chi connectivity index (χ4v) is 2.45. The van der Waals surface area contributed by atoms with E-state index in [4.69, 9.17) is 9.47 Å². The summed E-state index contributed by atoms with van der Waals surface area (Å²) in [6, 6.07) is 0. The first kappa shape index (κ1) is 15.8. The Labute approximate surface area is 115 Å². The van der Waals surface area contributed by atoms with E-state index in [-0.39, 0.29) is 5.97 Å². The molecule has 0 radical (unpaired) electrons. The third kappa shape index (κ3) is 3.39. The third-order valence-corrected chi connectivity index (χ3v) is 3.34. The average Bonchev–Trinajstić information content (AvgIpc) is 2.71. The van der Waals surface area contributed by atoms with Crippen molar-refractivity contribution in [2.24, 2.45) is 0 Å². The van der Waals surface area contributed by atoms with E-state index < -0.39 is 17.2 Å². The zero-order valence-electron chi connectivity index (χ0n) is 12.6. The van der Waals surface area contributed by atoms with Gasteiger partial charge < -0.3 is 9.47 Å². The van der Waals surface area contributed by atoms with Gasteiger partial charge in [0.1, 0.15) is 11.1 Å². The van der Waals surface area contributed by atoms with Gasteiger partial charge in [-0.15, -0.1) is 0 Å². The fourth-order valence-electron chi connectivity index (χ4n) is 2.45. The molecular weight excluding hydrogens is 246 g/mol. The third-order valence-electron chi connectivity index (χ3n) is 3.34. The Morgan fingerprint density at radius 3 is 2.37 bits per heavy atom. The lowest BCUT2D eigenvalue weighted by Crippen LogP contribution is -2.54. The lowest BCUT2D eigenvalue weighted by molar-refractivity contribution is -0.156. The predicted octanol–water partition coefficient (Wildman–Crippen LogP) is 2.73. The molecule has 5 heteroatoms. The minimum absolute atomic E-state index is 0.319. The highest BCUT2D eigenvalue weighted by Crippen LogP contribution is 2.35. The molecule has 5 nitrogen and oxygen atoms in total. The molecule has 0 bridgehead atoms. The second-order valence-electron chi connectivity index (χ2n) is 5.84. The van der Waals surface area contributed by atoms with Crippen LogP contribution in [0.4, 0.5) is 4.79 Å². The zero-order valence-corrected chi connectivity index (χ0v) is 12.6. The number of carbonyl (C=O) groups is 2. The number of nitrogens with zero attached hydrogens (tertiary/aromatic N) is 1. The molecule has 0 N–H and O–H groups in total. The van der Waals surface area contributed by atoms with Crippen LogP contribution < -0.4 is 0 Å². The van der Waals surface area contributed by atoms with E-state index in [1.807, 2.05) is 27.7 Å². The Bertz CT molecular complexity index is 348. The van der Waals surface area contributed by atoms with Gasteiger partial charge in [0.25, 0.3) is 0 Å². The molecule has 0 saturated carbocycles. The predicted molar refractivity (Wildman–Crippen MR) is 71.8 cm³/mol. The molecule has 1 amide bonds. The van der Waals surface area contributed by atoms with Gasteiger partial charge in [0.2, 0.25) is 0 Å². The van der Waals surface area contributed by atoms with E-state index >= 15 is 0 Å². The SMILES string of the molecule is CCOC(=O)[C@]1(CC)CCCN1C(=O)OC(C)(C)C. The van der Waals surface area contributed by atoms with Gasteiger partial charge >= 0.3 is 12.1 Å². The molecule has 0 aliphatic carbocycles.